The van der Waals surface area contributed by atoms with Crippen LogP contribution in [0, 0.1) is 24.4 Å². The van der Waals surface area contributed by atoms with Crippen molar-refractivity contribution in [1.82, 2.24) is 0 Å². The van der Waals surface area contributed by atoms with Crippen molar-refractivity contribution in [3.8, 4) is 11.5 Å². The minimum absolute atomic E-state index is 0.0112. The molecule has 4 nitrogen and oxygen atoms in total. The smallest absolute Gasteiger partial charge is 0.492 e. The summed E-state index contributed by atoms with van der Waals surface area (Å²) in [7, 11) is 0. The molecule has 8 heteroatoms. The van der Waals surface area contributed by atoms with E-state index >= 15 is 0 Å². The van der Waals surface area contributed by atoms with Crippen LogP contribution in [0.1, 0.15) is 25.8 Å². The zero-order valence-corrected chi connectivity index (χ0v) is 12.6. The lowest BCUT2D eigenvalue weighted by Gasteiger charge is -2.17. The average molecular weight is 336 g/mol. The Morgan fingerprint density at radius 1 is 1.04 bits per heavy atom. The van der Waals surface area contributed by atoms with Gasteiger partial charge in [-0.1, -0.05) is 20.3 Å². The number of alkyl halides is 1. The molecule has 2 rings (SSSR count). The van der Waals surface area contributed by atoms with E-state index in [0.29, 0.717) is 0 Å². The van der Waals surface area contributed by atoms with Crippen LogP contribution in [0.5, 0.6) is 11.5 Å². The van der Waals surface area contributed by atoms with Crippen LogP contribution in [0.15, 0.2) is 12.1 Å². The third-order valence-corrected chi connectivity index (χ3v) is 2.60. The Balaban J connectivity index is 0.000000816. The molecule has 0 heterocycles. The molecule has 2 aromatic carbocycles. The number of phenols is 1. The van der Waals surface area contributed by atoms with E-state index in [1.54, 1.807) is 0 Å². The Hall–Kier alpha value is -2.06. The standard InChI is InChI=1S/C12H8F4O4.C3H8/c1-4-2-5(17)3-6-7(4)11(20-12(16,18)19)10(15)9(14)8(6)13;1-3-2/h2-3,17-19H,1H3;3H2,1-2H3. The van der Waals surface area contributed by atoms with Crippen LogP contribution in [0.3, 0.4) is 0 Å². The molecule has 0 spiro atoms. The molecule has 128 valence electrons. The van der Waals surface area contributed by atoms with E-state index < -0.39 is 46.0 Å². The van der Waals surface area contributed by atoms with Gasteiger partial charge in [0.25, 0.3) is 0 Å². The molecule has 0 aliphatic carbocycles. The molecule has 0 aliphatic rings. The maximum absolute atomic E-state index is 13.6. The number of fused-ring (bicyclic) bond motifs is 1. The molecule has 3 N–H and O–H groups in total. The Labute approximate surface area is 129 Å². The van der Waals surface area contributed by atoms with E-state index in [9.17, 15) is 22.7 Å². The van der Waals surface area contributed by atoms with E-state index in [0.717, 1.165) is 12.1 Å². The lowest BCUT2D eigenvalue weighted by atomic mass is 10.0. The number of phenolic OH excluding ortho intramolecular Hbond substituents is 1. The van der Waals surface area contributed by atoms with E-state index in [4.69, 9.17) is 10.2 Å². The minimum Gasteiger partial charge on any atom is -0.508 e. The zero-order chi connectivity index (χ0) is 17.9. The Morgan fingerprint density at radius 3 is 2.04 bits per heavy atom. The van der Waals surface area contributed by atoms with Crippen molar-refractivity contribution >= 4 is 10.8 Å². The van der Waals surface area contributed by atoms with Crippen LogP contribution in [-0.2, 0) is 0 Å². The van der Waals surface area contributed by atoms with Crippen molar-refractivity contribution in [3.05, 3.63) is 35.1 Å². The number of aryl methyl sites for hydroxylation is 1. The summed E-state index contributed by atoms with van der Waals surface area (Å²) in [5.74, 6) is -7.20. The number of hydrogen-bond donors (Lipinski definition) is 3. The SMILES string of the molecule is CCC.Cc1cc(O)cc2c(F)c(F)c(F)c(OC(O)(O)F)c12. The molecule has 0 radical (unpaired) electrons. The van der Waals surface area contributed by atoms with Gasteiger partial charge in [0.05, 0.1) is 0 Å². The summed E-state index contributed by atoms with van der Waals surface area (Å²) in [6.45, 7) is 5.53. The maximum Gasteiger partial charge on any atom is 0.492 e. The molecule has 23 heavy (non-hydrogen) atoms. The van der Waals surface area contributed by atoms with Crippen LogP contribution in [-0.4, -0.2) is 21.5 Å². The van der Waals surface area contributed by atoms with Gasteiger partial charge in [-0.2, -0.15) is 4.39 Å². The number of aromatic hydroxyl groups is 1. The summed E-state index contributed by atoms with van der Waals surface area (Å²) in [5, 5.41) is 25.3. The summed E-state index contributed by atoms with van der Waals surface area (Å²) >= 11 is 0. The van der Waals surface area contributed by atoms with Crippen LogP contribution in [0.4, 0.5) is 17.6 Å². The molecule has 0 atom stereocenters. The van der Waals surface area contributed by atoms with Crippen molar-refractivity contribution in [2.24, 2.45) is 0 Å². The van der Waals surface area contributed by atoms with E-state index in [1.165, 1.54) is 13.3 Å². The van der Waals surface area contributed by atoms with Crippen molar-refractivity contribution < 1.29 is 37.6 Å². The topological polar surface area (TPSA) is 69.9 Å². The fourth-order valence-electron chi connectivity index (χ4n) is 1.89. The predicted molar refractivity (Wildman–Crippen MR) is 75.1 cm³/mol. The van der Waals surface area contributed by atoms with Gasteiger partial charge in [0.15, 0.2) is 17.4 Å². The first kappa shape index (κ1) is 19.0. The highest BCUT2D eigenvalue weighted by Crippen LogP contribution is 2.38. The summed E-state index contributed by atoms with van der Waals surface area (Å²) in [5.41, 5.74) is 0.0112. The van der Waals surface area contributed by atoms with Crippen molar-refractivity contribution in [3.63, 3.8) is 0 Å². The van der Waals surface area contributed by atoms with Crippen LogP contribution in [0.25, 0.3) is 10.8 Å². The van der Waals surface area contributed by atoms with Gasteiger partial charge in [0.2, 0.25) is 5.82 Å². The maximum atomic E-state index is 13.6. The van der Waals surface area contributed by atoms with Crippen molar-refractivity contribution in [1.29, 1.82) is 0 Å². The molecule has 0 bridgehead atoms. The lowest BCUT2D eigenvalue weighted by molar-refractivity contribution is -0.375. The summed E-state index contributed by atoms with van der Waals surface area (Å²) in [6.07, 6.45) is -3.03. The molecule has 0 aromatic heterocycles. The zero-order valence-electron chi connectivity index (χ0n) is 12.6. The minimum atomic E-state index is -4.28. The quantitative estimate of drug-likeness (QED) is 0.445. The van der Waals surface area contributed by atoms with Gasteiger partial charge >= 0.3 is 6.23 Å². The van der Waals surface area contributed by atoms with Crippen LogP contribution >= 0.6 is 0 Å². The molecule has 0 saturated carbocycles. The van der Waals surface area contributed by atoms with Crippen LogP contribution < -0.4 is 4.74 Å². The number of ether oxygens (including phenoxy) is 1. The van der Waals surface area contributed by atoms with Crippen molar-refractivity contribution in [2.45, 2.75) is 33.4 Å². The van der Waals surface area contributed by atoms with Gasteiger partial charge in [-0.3, -0.25) is 0 Å². The first-order chi connectivity index (χ1) is 10.5. The second-order valence-corrected chi connectivity index (χ2v) is 4.79. The van der Waals surface area contributed by atoms with Gasteiger partial charge in [0, 0.05) is 10.8 Å². The highest BCUT2D eigenvalue weighted by Gasteiger charge is 2.31. The molecule has 0 amide bonds. The van der Waals surface area contributed by atoms with Gasteiger partial charge in [-0.05, 0) is 24.6 Å². The number of rotatable bonds is 2. The second-order valence-electron chi connectivity index (χ2n) is 4.79. The van der Waals surface area contributed by atoms with E-state index in [-0.39, 0.29) is 5.56 Å². The first-order valence-electron chi connectivity index (χ1n) is 6.65. The van der Waals surface area contributed by atoms with Gasteiger partial charge < -0.3 is 20.1 Å². The van der Waals surface area contributed by atoms with Gasteiger partial charge in [-0.25, -0.2) is 8.78 Å². The average Bonchev–Trinajstić information content (AvgIpc) is 2.40. The normalized spacial score (nSPS) is 11.2. The molecule has 0 aliphatic heterocycles. The van der Waals surface area contributed by atoms with E-state index in [1.807, 2.05) is 0 Å². The lowest BCUT2D eigenvalue weighted by Crippen LogP contribution is -2.30. The Morgan fingerprint density at radius 2 is 1.57 bits per heavy atom. The molecular weight excluding hydrogens is 320 g/mol. The highest BCUT2D eigenvalue weighted by molar-refractivity contribution is 5.93. The monoisotopic (exact) mass is 336 g/mol. The predicted octanol–water partition coefficient (Wildman–Crippen LogP) is 3.63. The fraction of sp³-hybridized carbons (Fsp3) is 0.333. The molecule has 2 aromatic rings. The Bertz CT molecular complexity index is 711. The second kappa shape index (κ2) is 7.01. The van der Waals surface area contributed by atoms with Gasteiger partial charge in [0.1, 0.15) is 5.75 Å². The molecule has 0 unspecified atom stereocenters. The Kier molecular flexibility index (Phi) is 5.79. The first-order valence-corrected chi connectivity index (χ1v) is 6.65. The number of halogens is 4. The fourth-order valence-corrected chi connectivity index (χ4v) is 1.89. The molecule has 0 saturated heterocycles. The third-order valence-electron chi connectivity index (χ3n) is 2.60. The summed E-state index contributed by atoms with van der Waals surface area (Å²) < 4.78 is 57.2. The molecule has 0 fully saturated rings. The van der Waals surface area contributed by atoms with Crippen molar-refractivity contribution in [2.75, 3.05) is 0 Å². The molecular formula is C15H16F4O4. The summed E-state index contributed by atoms with van der Waals surface area (Å²) in [4.78, 5) is 0. The third kappa shape index (κ3) is 4.23. The van der Waals surface area contributed by atoms with Crippen LogP contribution in [0.2, 0.25) is 0 Å². The largest absolute Gasteiger partial charge is 0.508 e. The van der Waals surface area contributed by atoms with Gasteiger partial charge in [-0.15, -0.1) is 4.39 Å². The number of benzene rings is 2. The number of hydrogen-bond acceptors (Lipinski definition) is 4. The summed E-state index contributed by atoms with van der Waals surface area (Å²) in [6, 6.07) is 1.82. The number of aliphatic hydroxyl groups is 2. The van der Waals surface area contributed by atoms with E-state index in [2.05, 4.69) is 18.6 Å². The highest BCUT2D eigenvalue weighted by atomic mass is 19.2.